The molecule has 0 aromatic carbocycles. The van der Waals surface area contributed by atoms with Crippen LogP contribution in [0, 0.1) is 28.1 Å². The van der Waals surface area contributed by atoms with Gasteiger partial charge in [0.2, 0.25) is 12.1 Å². The first-order valence-electron chi connectivity index (χ1n) is 18.3. The van der Waals surface area contributed by atoms with Gasteiger partial charge in [0, 0.05) is 55.6 Å². The van der Waals surface area contributed by atoms with Gasteiger partial charge in [-0.15, -0.1) is 15.0 Å². The molecule has 0 unspecified atom stereocenters. The lowest BCUT2D eigenvalue weighted by Gasteiger charge is -2.32. The van der Waals surface area contributed by atoms with Crippen LogP contribution in [0.3, 0.4) is 0 Å². The number of halogens is 1. The summed E-state index contributed by atoms with van der Waals surface area (Å²) in [6, 6.07) is 11.0. The molecule has 282 valence electrons. The molecule has 15 heteroatoms. The van der Waals surface area contributed by atoms with Gasteiger partial charge >= 0.3 is 5.97 Å². The molecule has 5 rings (SSSR count). The van der Waals surface area contributed by atoms with Crippen LogP contribution in [0.5, 0.6) is 0 Å². The van der Waals surface area contributed by atoms with Crippen molar-refractivity contribution in [2.75, 3.05) is 37.0 Å². The average Bonchev–Trinajstić information content (AvgIpc) is 3.59. The van der Waals surface area contributed by atoms with Gasteiger partial charge in [-0.1, -0.05) is 31.5 Å². The predicted octanol–water partition coefficient (Wildman–Crippen LogP) is 6.18. The van der Waals surface area contributed by atoms with Crippen molar-refractivity contribution in [3.8, 4) is 17.3 Å². The molecule has 14 nitrogen and oxygen atoms in total. The van der Waals surface area contributed by atoms with Gasteiger partial charge in [-0.25, -0.2) is 9.97 Å². The summed E-state index contributed by atoms with van der Waals surface area (Å²) in [5, 5.41) is 33.7. The van der Waals surface area contributed by atoms with E-state index in [1.54, 1.807) is 6.20 Å². The van der Waals surface area contributed by atoms with Crippen LogP contribution >= 0.6 is 11.6 Å². The fourth-order valence-electron chi connectivity index (χ4n) is 6.30. The molecule has 0 amide bonds. The Labute approximate surface area is 311 Å². The minimum Gasteiger partial charge on any atom is -0.437 e. The van der Waals surface area contributed by atoms with Crippen molar-refractivity contribution in [1.82, 2.24) is 35.5 Å². The number of nitrogens with zero attached hydrogens (tertiary/aromatic N) is 7. The molecule has 2 fully saturated rings. The van der Waals surface area contributed by atoms with Crippen LogP contribution in [0.4, 0.5) is 11.6 Å². The summed E-state index contributed by atoms with van der Waals surface area (Å²) >= 11 is 6.61. The number of carbonyl (C=O) groups is 1. The molecule has 1 aliphatic heterocycles. The van der Waals surface area contributed by atoms with Crippen LogP contribution in [-0.2, 0) is 25.6 Å². The second-order valence-electron chi connectivity index (χ2n) is 15.4. The Morgan fingerprint density at radius 2 is 1.87 bits per heavy atom. The van der Waals surface area contributed by atoms with Crippen molar-refractivity contribution in [2.45, 2.75) is 111 Å². The predicted molar refractivity (Wildman–Crippen MR) is 198 cm³/mol. The second-order valence-corrected chi connectivity index (χ2v) is 15.8. The number of tetrazole rings is 1. The third-order valence-corrected chi connectivity index (χ3v) is 9.78. The highest BCUT2D eigenvalue weighted by atomic mass is 35.5. The molecule has 0 spiro atoms. The van der Waals surface area contributed by atoms with Gasteiger partial charge in [-0.2, -0.15) is 5.26 Å². The Morgan fingerprint density at radius 1 is 1.13 bits per heavy atom. The van der Waals surface area contributed by atoms with Gasteiger partial charge in [-0.3, -0.25) is 4.79 Å². The Hall–Kier alpha value is -3.90. The molecule has 4 heterocycles. The van der Waals surface area contributed by atoms with Gasteiger partial charge < -0.3 is 30.2 Å². The van der Waals surface area contributed by atoms with Crippen LogP contribution in [0.25, 0.3) is 11.3 Å². The van der Waals surface area contributed by atoms with E-state index >= 15 is 0 Å². The SMILES string of the molecule is CC(C)[C@H](OC(=O)C(C)(C)C)n1nnc(COC[C@@H](C)N[C@H]2CC[C@H](Nc3cc(-c4cccc(NCC5(C#N)CCOCC5)n4)c(Cl)cn3)CC2)n1. The highest BCUT2D eigenvalue weighted by Crippen LogP contribution is 2.32. The summed E-state index contributed by atoms with van der Waals surface area (Å²) in [4.78, 5) is 23.2. The molecule has 0 radical (unpaired) electrons. The lowest BCUT2D eigenvalue weighted by molar-refractivity contribution is -0.169. The van der Waals surface area contributed by atoms with Crippen molar-refractivity contribution in [3.05, 3.63) is 41.3 Å². The number of nitriles is 1. The summed E-state index contributed by atoms with van der Waals surface area (Å²) in [6.07, 6.45) is 6.48. The van der Waals surface area contributed by atoms with E-state index in [0.29, 0.717) is 68.0 Å². The molecule has 2 aliphatic rings. The van der Waals surface area contributed by atoms with Gasteiger partial charge in [0.25, 0.3) is 0 Å². The number of esters is 1. The molecule has 0 bridgehead atoms. The number of nitrogens with one attached hydrogen (secondary N) is 3. The van der Waals surface area contributed by atoms with E-state index in [9.17, 15) is 10.1 Å². The average molecular weight is 737 g/mol. The van der Waals surface area contributed by atoms with Crippen LogP contribution in [-0.4, -0.2) is 80.6 Å². The van der Waals surface area contributed by atoms with Crippen molar-refractivity contribution in [3.63, 3.8) is 0 Å². The van der Waals surface area contributed by atoms with Crippen LogP contribution in [0.1, 0.15) is 92.1 Å². The van der Waals surface area contributed by atoms with Crippen LogP contribution in [0.2, 0.25) is 5.02 Å². The van der Waals surface area contributed by atoms with Crippen LogP contribution in [0.15, 0.2) is 30.5 Å². The number of aromatic nitrogens is 6. The highest BCUT2D eigenvalue weighted by molar-refractivity contribution is 6.33. The molecular weight excluding hydrogens is 684 g/mol. The first-order valence-corrected chi connectivity index (χ1v) is 18.7. The van der Waals surface area contributed by atoms with Crippen molar-refractivity contribution in [1.29, 1.82) is 5.26 Å². The van der Waals surface area contributed by atoms with Crippen molar-refractivity contribution >= 4 is 29.2 Å². The van der Waals surface area contributed by atoms with Crippen molar-refractivity contribution < 1.29 is 19.0 Å². The fourth-order valence-corrected chi connectivity index (χ4v) is 6.50. The van der Waals surface area contributed by atoms with Gasteiger partial charge in [-0.05, 0) is 89.6 Å². The summed E-state index contributed by atoms with van der Waals surface area (Å²) in [5.74, 6) is 1.56. The maximum absolute atomic E-state index is 12.5. The minimum absolute atomic E-state index is 0.0282. The maximum Gasteiger partial charge on any atom is 0.313 e. The van der Waals surface area contributed by atoms with E-state index in [1.165, 1.54) is 4.80 Å². The lowest BCUT2D eigenvalue weighted by atomic mass is 9.82. The third kappa shape index (κ3) is 10.8. The van der Waals surface area contributed by atoms with Crippen molar-refractivity contribution in [2.24, 2.45) is 16.7 Å². The molecule has 2 atom stereocenters. The zero-order valence-corrected chi connectivity index (χ0v) is 31.9. The second kappa shape index (κ2) is 17.7. The van der Waals surface area contributed by atoms with Gasteiger partial charge in [0.1, 0.15) is 18.2 Å². The number of carbonyl (C=O) groups excluding carboxylic acids is 1. The number of ether oxygens (including phenoxy) is 3. The molecule has 1 saturated heterocycles. The molecule has 1 saturated carbocycles. The Balaban J connectivity index is 1.05. The molecule has 3 aromatic heterocycles. The maximum atomic E-state index is 12.5. The summed E-state index contributed by atoms with van der Waals surface area (Å²) < 4.78 is 17.1. The molecule has 52 heavy (non-hydrogen) atoms. The number of hydrogen-bond donors (Lipinski definition) is 3. The van der Waals surface area contributed by atoms with E-state index in [2.05, 4.69) is 49.3 Å². The molecule has 3 N–H and O–H groups in total. The normalized spacial score (nSPS) is 20.1. The monoisotopic (exact) mass is 736 g/mol. The zero-order chi connectivity index (χ0) is 37.3. The van der Waals surface area contributed by atoms with Gasteiger partial charge in [0.15, 0.2) is 0 Å². The molecule has 3 aromatic rings. The summed E-state index contributed by atoms with van der Waals surface area (Å²) in [5.41, 5.74) is 0.462. The summed E-state index contributed by atoms with van der Waals surface area (Å²) in [6.45, 7) is 13.9. The zero-order valence-electron chi connectivity index (χ0n) is 31.2. The summed E-state index contributed by atoms with van der Waals surface area (Å²) in [7, 11) is 0. The van der Waals surface area contributed by atoms with E-state index in [-0.39, 0.29) is 24.5 Å². The quantitative estimate of drug-likeness (QED) is 0.151. The smallest absolute Gasteiger partial charge is 0.313 e. The Morgan fingerprint density at radius 3 is 2.56 bits per heavy atom. The largest absolute Gasteiger partial charge is 0.437 e. The van der Waals surface area contributed by atoms with Crippen LogP contribution < -0.4 is 16.0 Å². The third-order valence-electron chi connectivity index (χ3n) is 9.48. The molecular formula is C37H53ClN10O4. The minimum atomic E-state index is -0.639. The number of rotatable bonds is 15. The van der Waals surface area contributed by atoms with E-state index in [1.807, 2.05) is 58.9 Å². The Kier molecular flexibility index (Phi) is 13.4. The molecule has 1 aliphatic carbocycles. The highest BCUT2D eigenvalue weighted by Gasteiger charge is 2.33. The van der Waals surface area contributed by atoms with E-state index < -0.39 is 17.1 Å². The lowest BCUT2D eigenvalue weighted by Crippen LogP contribution is -2.43. The van der Waals surface area contributed by atoms with E-state index in [0.717, 1.165) is 42.8 Å². The number of hydrogen-bond acceptors (Lipinski definition) is 13. The Bertz CT molecular complexity index is 1660. The van der Waals surface area contributed by atoms with Gasteiger partial charge in [0.05, 0.1) is 34.2 Å². The topological polar surface area (TPSA) is 174 Å². The first kappa shape index (κ1) is 39.3. The standard InChI is InChI=1S/C37H53ClN10O4/c1-24(2)34(52-35(49)36(4,5)6)48-46-33(45-47-48)21-51-20-25(3)42-26-10-12-27(13-11-26)43-32-18-28(29(38)19-40-32)30-8-7-9-31(44-30)41-23-37(22-39)14-16-50-17-15-37/h7-9,18-19,24-27,34,42H,10-17,20-21,23H2,1-6H3,(H,40,43)(H,41,44)/t25-,26-,27-,34+/m1/s1. The number of pyridine rings is 2. The first-order chi connectivity index (χ1) is 24.8. The van der Waals surface area contributed by atoms with E-state index in [4.69, 9.17) is 30.8 Å². The fraction of sp³-hybridized carbons (Fsp3) is 0.649. The number of anilines is 2.